The van der Waals surface area contributed by atoms with Crippen molar-refractivity contribution >= 4 is 11.9 Å². The number of anilines is 1. The van der Waals surface area contributed by atoms with Crippen LogP contribution in [0.2, 0.25) is 0 Å². The minimum absolute atomic E-state index is 0.104. The van der Waals surface area contributed by atoms with Crippen molar-refractivity contribution in [2.24, 2.45) is 0 Å². The van der Waals surface area contributed by atoms with E-state index >= 15 is 0 Å². The van der Waals surface area contributed by atoms with Gasteiger partial charge in [-0.3, -0.25) is 4.79 Å². The molecule has 0 aliphatic rings. The number of amides is 1. The number of nitrogen functional groups attached to an aromatic ring is 1. The Morgan fingerprint density at radius 1 is 1.60 bits per heavy atom. The number of hydrogen-bond acceptors (Lipinski definition) is 5. The van der Waals surface area contributed by atoms with Gasteiger partial charge in [-0.25, -0.2) is 9.97 Å². The smallest absolute Gasteiger partial charge is 0.270 e. The number of carbonyl (C=O) groups is 1. The van der Waals surface area contributed by atoms with Crippen LogP contribution in [0.15, 0.2) is 6.07 Å². The van der Waals surface area contributed by atoms with Gasteiger partial charge in [-0.05, 0) is 13.0 Å². The molecule has 6 heteroatoms. The molecule has 6 nitrogen and oxygen atoms in total. The third kappa shape index (κ3) is 3.51. The summed E-state index contributed by atoms with van der Waals surface area (Å²) in [4.78, 5) is 19.2. The zero-order valence-electron chi connectivity index (χ0n) is 8.78. The van der Waals surface area contributed by atoms with Crippen molar-refractivity contribution in [3.8, 4) is 0 Å². The SMILES string of the molecule is COCCNC(=O)c1cc(C)nc(N)n1. The molecule has 0 fully saturated rings. The molecule has 1 amide bonds. The number of rotatable bonds is 4. The van der Waals surface area contributed by atoms with Crippen LogP contribution in [0.25, 0.3) is 0 Å². The first-order valence-electron chi connectivity index (χ1n) is 4.52. The van der Waals surface area contributed by atoms with E-state index < -0.39 is 0 Å². The van der Waals surface area contributed by atoms with Gasteiger partial charge < -0.3 is 15.8 Å². The van der Waals surface area contributed by atoms with E-state index in [1.807, 2.05) is 0 Å². The first kappa shape index (κ1) is 11.4. The van der Waals surface area contributed by atoms with Crippen molar-refractivity contribution in [3.63, 3.8) is 0 Å². The number of nitrogens with zero attached hydrogens (tertiary/aromatic N) is 2. The fourth-order valence-electron chi connectivity index (χ4n) is 1.07. The topological polar surface area (TPSA) is 90.1 Å². The summed E-state index contributed by atoms with van der Waals surface area (Å²) in [5.41, 5.74) is 6.37. The van der Waals surface area contributed by atoms with Gasteiger partial charge in [-0.2, -0.15) is 0 Å². The third-order valence-electron chi connectivity index (χ3n) is 1.70. The molecule has 1 rings (SSSR count). The Kier molecular flexibility index (Phi) is 3.99. The highest BCUT2D eigenvalue weighted by Crippen LogP contribution is 2.01. The summed E-state index contributed by atoms with van der Waals surface area (Å²) in [5.74, 6) is -0.170. The van der Waals surface area contributed by atoms with Crippen LogP contribution in [0.5, 0.6) is 0 Å². The fraction of sp³-hybridized carbons (Fsp3) is 0.444. The van der Waals surface area contributed by atoms with Crippen molar-refractivity contribution in [3.05, 3.63) is 17.5 Å². The lowest BCUT2D eigenvalue weighted by atomic mass is 10.3. The predicted octanol–water partition coefficient (Wildman–Crippen LogP) is -0.257. The molecule has 0 aromatic carbocycles. The highest BCUT2D eigenvalue weighted by molar-refractivity contribution is 5.92. The summed E-state index contributed by atoms with van der Waals surface area (Å²) in [6, 6.07) is 1.58. The predicted molar refractivity (Wildman–Crippen MR) is 55.4 cm³/mol. The first-order valence-corrected chi connectivity index (χ1v) is 4.52. The zero-order valence-corrected chi connectivity index (χ0v) is 8.78. The van der Waals surface area contributed by atoms with Crippen LogP contribution in [-0.2, 0) is 4.74 Å². The number of aromatic nitrogens is 2. The van der Waals surface area contributed by atoms with Crippen LogP contribution < -0.4 is 11.1 Å². The van der Waals surface area contributed by atoms with E-state index in [4.69, 9.17) is 10.5 Å². The van der Waals surface area contributed by atoms with Crippen LogP contribution in [0.3, 0.4) is 0 Å². The Balaban J connectivity index is 2.65. The number of aryl methyl sites for hydroxylation is 1. The molecule has 1 aromatic heterocycles. The summed E-state index contributed by atoms with van der Waals surface area (Å²) in [7, 11) is 1.57. The molecule has 0 saturated heterocycles. The number of hydrogen-bond donors (Lipinski definition) is 2. The molecule has 0 aliphatic heterocycles. The van der Waals surface area contributed by atoms with Crippen molar-refractivity contribution in [2.45, 2.75) is 6.92 Å². The summed E-state index contributed by atoms with van der Waals surface area (Å²) in [6.07, 6.45) is 0. The quantitative estimate of drug-likeness (QED) is 0.668. The molecule has 15 heavy (non-hydrogen) atoms. The van der Waals surface area contributed by atoms with Gasteiger partial charge in [0.1, 0.15) is 5.69 Å². The maximum absolute atomic E-state index is 11.5. The number of ether oxygens (including phenoxy) is 1. The molecule has 0 spiro atoms. The maximum Gasteiger partial charge on any atom is 0.270 e. The van der Waals surface area contributed by atoms with Crippen LogP contribution in [0, 0.1) is 6.92 Å². The van der Waals surface area contributed by atoms with Gasteiger partial charge in [0.05, 0.1) is 6.61 Å². The molecular formula is C9H14N4O2. The minimum atomic E-state index is -0.274. The Hall–Kier alpha value is -1.69. The van der Waals surface area contributed by atoms with E-state index in [1.54, 1.807) is 20.1 Å². The second-order valence-electron chi connectivity index (χ2n) is 3.00. The zero-order chi connectivity index (χ0) is 11.3. The van der Waals surface area contributed by atoms with Crippen molar-refractivity contribution in [1.29, 1.82) is 0 Å². The van der Waals surface area contributed by atoms with E-state index in [0.717, 1.165) is 0 Å². The molecule has 0 radical (unpaired) electrons. The lowest BCUT2D eigenvalue weighted by Crippen LogP contribution is -2.28. The normalized spacial score (nSPS) is 10.0. The Labute approximate surface area is 87.9 Å². The summed E-state index contributed by atoms with van der Waals surface area (Å²) >= 11 is 0. The number of nitrogens with one attached hydrogen (secondary N) is 1. The molecule has 0 aliphatic carbocycles. The van der Waals surface area contributed by atoms with Gasteiger partial charge in [-0.1, -0.05) is 0 Å². The lowest BCUT2D eigenvalue weighted by Gasteiger charge is -2.04. The fourth-order valence-corrected chi connectivity index (χ4v) is 1.07. The molecule has 0 atom stereocenters. The number of nitrogens with two attached hydrogens (primary N) is 1. The third-order valence-corrected chi connectivity index (χ3v) is 1.70. The largest absolute Gasteiger partial charge is 0.383 e. The number of methoxy groups -OCH3 is 1. The highest BCUT2D eigenvalue weighted by Gasteiger charge is 2.08. The molecule has 82 valence electrons. The van der Waals surface area contributed by atoms with Crippen molar-refractivity contribution in [2.75, 3.05) is 26.0 Å². The molecule has 0 saturated carbocycles. The first-order chi connectivity index (χ1) is 7.13. The van der Waals surface area contributed by atoms with E-state index in [1.165, 1.54) is 0 Å². The number of carbonyl (C=O) groups excluding carboxylic acids is 1. The van der Waals surface area contributed by atoms with Crippen LogP contribution in [0.4, 0.5) is 5.95 Å². The maximum atomic E-state index is 11.5. The Morgan fingerprint density at radius 3 is 2.93 bits per heavy atom. The molecule has 1 heterocycles. The van der Waals surface area contributed by atoms with Gasteiger partial charge in [0.25, 0.3) is 5.91 Å². The van der Waals surface area contributed by atoms with Crippen LogP contribution in [0.1, 0.15) is 16.2 Å². The average molecular weight is 210 g/mol. The summed E-state index contributed by atoms with van der Waals surface area (Å²) < 4.78 is 4.80. The van der Waals surface area contributed by atoms with Crippen molar-refractivity contribution in [1.82, 2.24) is 15.3 Å². The standard InChI is InChI=1S/C9H14N4O2/c1-6-5-7(13-9(10)12-6)8(14)11-3-4-15-2/h5H,3-4H2,1-2H3,(H,11,14)(H2,10,12,13). The minimum Gasteiger partial charge on any atom is -0.383 e. The van der Waals surface area contributed by atoms with Gasteiger partial charge >= 0.3 is 0 Å². The molecule has 0 bridgehead atoms. The molecular weight excluding hydrogens is 196 g/mol. The second-order valence-corrected chi connectivity index (χ2v) is 3.00. The van der Waals surface area contributed by atoms with Gasteiger partial charge in [-0.15, -0.1) is 0 Å². The van der Waals surface area contributed by atoms with E-state index in [0.29, 0.717) is 18.8 Å². The van der Waals surface area contributed by atoms with Crippen LogP contribution in [-0.4, -0.2) is 36.1 Å². The monoisotopic (exact) mass is 210 g/mol. The van der Waals surface area contributed by atoms with E-state index in [2.05, 4.69) is 15.3 Å². The second kappa shape index (κ2) is 5.26. The summed E-state index contributed by atoms with van der Waals surface area (Å²) in [6.45, 7) is 2.66. The average Bonchev–Trinajstić information content (AvgIpc) is 2.16. The van der Waals surface area contributed by atoms with Gasteiger partial charge in [0, 0.05) is 19.3 Å². The van der Waals surface area contributed by atoms with Crippen LogP contribution >= 0.6 is 0 Å². The highest BCUT2D eigenvalue weighted by atomic mass is 16.5. The summed E-state index contributed by atoms with van der Waals surface area (Å²) in [5, 5.41) is 2.64. The Morgan fingerprint density at radius 2 is 2.33 bits per heavy atom. The van der Waals surface area contributed by atoms with E-state index in [-0.39, 0.29) is 17.5 Å². The van der Waals surface area contributed by atoms with Gasteiger partial charge in [0.2, 0.25) is 5.95 Å². The molecule has 3 N–H and O–H groups in total. The van der Waals surface area contributed by atoms with Crippen molar-refractivity contribution < 1.29 is 9.53 Å². The Bertz CT molecular complexity index is 334. The van der Waals surface area contributed by atoms with E-state index in [9.17, 15) is 4.79 Å². The lowest BCUT2D eigenvalue weighted by molar-refractivity contribution is 0.0932. The van der Waals surface area contributed by atoms with Gasteiger partial charge in [0.15, 0.2) is 0 Å². The molecule has 0 unspecified atom stereocenters. The molecule has 1 aromatic rings.